The number of carbonyl (C=O) groups is 2. The third kappa shape index (κ3) is 5.60. The van der Waals surface area contributed by atoms with E-state index in [1.165, 1.54) is 4.90 Å². The van der Waals surface area contributed by atoms with Crippen molar-refractivity contribution in [3.8, 4) is 5.75 Å². The number of benzene rings is 2. The molecule has 0 spiro atoms. The first-order valence-electron chi connectivity index (χ1n) is 13.8. The highest BCUT2D eigenvalue weighted by molar-refractivity contribution is 6.00. The average Bonchev–Trinajstić information content (AvgIpc) is 2.89. The zero-order valence-electron chi connectivity index (χ0n) is 23.1. The van der Waals surface area contributed by atoms with Crippen LogP contribution in [0.25, 0.3) is 6.08 Å². The van der Waals surface area contributed by atoms with Gasteiger partial charge in [0.15, 0.2) is 5.96 Å². The molecule has 0 aliphatic carbocycles. The van der Waals surface area contributed by atoms with Crippen LogP contribution in [0.15, 0.2) is 53.5 Å². The Kier molecular flexibility index (Phi) is 7.42. The number of ether oxygens (including phenoxy) is 1. The van der Waals surface area contributed by atoms with Gasteiger partial charge in [0.2, 0.25) is 12.3 Å². The SMILES string of the molecule is CC[C@@]12CC/C=C/c3ccc4c(c3)[C@H](CC(C)(C)O4)NC(=O)c3cccc(c3)C(CC(F)F)N(C(=O)C1)C(N)=N2. The van der Waals surface area contributed by atoms with Gasteiger partial charge in [-0.1, -0.05) is 37.3 Å². The van der Waals surface area contributed by atoms with Crippen LogP contribution in [0.2, 0.25) is 0 Å². The van der Waals surface area contributed by atoms with E-state index in [4.69, 9.17) is 15.5 Å². The van der Waals surface area contributed by atoms with E-state index in [2.05, 4.69) is 5.32 Å². The molecule has 40 heavy (non-hydrogen) atoms. The number of nitrogens with zero attached hydrogens (tertiary/aromatic N) is 2. The molecule has 0 saturated heterocycles. The molecule has 0 radical (unpaired) electrons. The molecule has 4 aliphatic heterocycles. The number of halogens is 2. The van der Waals surface area contributed by atoms with Crippen molar-refractivity contribution in [2.24, 2.45) is 10.7 Å². The molecule has 4 aliphatic rings. The van der Waals surface area contributed by atoms with Crippen LogP contribution >= 0.6 is 0 Å². The minimum Gasteiger partial charge on any atom is -0.487 e. The lowest BCUT2D eigenvalue weighted by Gasteiger charge is -2.40. The molecule has 3 atom stereocenters. The molecular formula is C31H36F2N4O3. The predicted molar refractivity (Wildman–Crippen MR) is 150 cm³/mol. The predicted octanol–water partition coefficient (Wildman–Crippen LogP) is 5.92. The summed E-state index contributed by atoms with van der Waals surface area (Å²) in [6.45, 7) is 5.92. The Morgan fingerprint density at radius 2 is 2.00 bits per heavy atom. The van der Waals surface area contributed by atoms with E-state index in [0.29, 0.717) is 36.8 Å². The van der Waals surface area contributed by atoms with Gasteiger partial charge in [0.05, 0.1) is 24.0 Å². The Morgan fingerprint density at radius 1 is 1.20 bits per heavy atom. The molecule has 0 saturated carbocycles. The molecule has 3 N–H and O–H groups in total. The first kappa shape index (κ1) is 27.8. The molecule has 0 fully saturated rings. The number of amides is 2. The second-order valence-electron chi connectivity index (χ2n) is 11.6. The Balaban J connectivity index is 1.62. The smallest absolute Gasteiger partial charge is 0.251 e. The van der Waals surface area contributed by atoms with Crippen molar-refractivity contribution in [2.75, 3.05) is 0 Å². The number of allylic oxidation sites excluding steroid dienone is 1. The third-order valence-corrected chi connectivity index (χ3v) is 8.14. The zero-order chi connectivity index (χ0) is 28.7. The number of guanidine groups is 1. The summed E-state index contributed by atoms with van der Waals surface area (Å²) < 4.78 is 33.9. The third-order valence-electron chi connectivity index (χ3n) is 8.14. The first-order chi connectivity index (χ1) is 19.0. The molecule has 0 aromatic heterocycles. The van der Waals surface area contributed by atoms with Crippen molar-refractivity contribution in [3.63, 3.8) is 0 Å². The van der Waals surface area contributed by atoms with E-state index < -0.39 is 30.0 Å². The van der Waals surface area contributed by atoms with Crippen molar-refractivity contribution >= 4 is 23.8 Å². The number of fused-ring (bicyclic) bond motifs is 4. The van der Waals surface area contributed by atoms with Crippen LogP contribution in [0.1, 0.15) is 98.4 Å². The van der Waals surface area contributed by atoms with Gasteiger partial charge >= 0.3 is 0 Å². The standard InChI is InChI=1S/C31H36F2N4O3/c1-4-31-13-6-5-8-19-11-12-25-22(14-19)23(17-30(2,3)40-25)35-28(39)21-10-7-9-20(15-21)24(16-26(32)33)37(27(38)18-31)29(34)36-31/h5,7-12,14-15,23-24,26H,4,6,13,16-18H2,1-3H3,(H2,34,36)(H,35,39)/b8-5+/t23-,24?,31+/m0/s1. The summed E-state index contributed by atoms with van der Waals surface area (Å²) in [6, 6.07) is 11.1. The van der Waals surface area contributed by atoms with Gasteiger partial charge in [-0.3, -0.25) is 14.5 Å². The van der Waals surface area contributed by atoms with Gasteiger partial charge in [-0.15, -0.1) is 0 Å². The van der Waals surface area contributed by atoms with Crippen molar-refractivity contribution in [1.82, 2.24) is 10.2 Å². The highest BCUT2D eigenvalue weighted by Gasteiger charge is 2.42. The Morgan fingerprint density at radius 3 is 2.73 bits per heavy atom. The normalized spacial score (nSPS) is 26.9. The van der Waals surface area contributed by atoms with Crippen LogP contribution in [-0.2, 0) is 4.79 Å². The minimum absolute atomic E-state index is 0.0617. The lowest BCUT2D eigenvalue weighted by atomic mass is 9.85. The number of alkyl halides is 2. The molecule has 9 heteroatoms. The second kappa shape index (κ2) is 10.7. The average molecular weight is 551 g/mol. The van der Waals surface area contributed by atoms with E-state index in [-0.39, 0.29) is 30.2 Å². The summed E-state index contributed by atoms with van der Waals surface area (Å²) in [5.41, 5.74) is 7.72. The topological polar surface area (TPSA) is 97.0 Å². The summed E-state index contributed by atoms with van der Waals surface area (Å²) in [7, 11) is 0. The number of carbonyl (C=O) groups excluding carboxylic acids is 2. The summed E-state index contributed by atoms with van der Waals surface area (Å²) >= 11 is 0. The van der Waals surface area contributed by atoms with Crippen molar-refractivity contribution in [1.29, 1.82) is 0 Å². The quantitative estimate of drug-likeness (QED) is 0.496. The van der Waals surface area contributed by atoms with Gasteiger partial charge in [0.1, 0.15) is 11.4 Å². The first-order valence-corrected chi connectivity index (χ1v) is 13.8. The maximum atomic E-state index is 13.8. The fraction of sp³-hybridized carbons (Fsp3) is 0.452. The Hall–Kier alpha value is -3.75. The molecule has 1 unspecified atom stereocenters. The van der Waals surface area contributed by atoms with Gasteiger partial charge in [-0.2, -0.15) is 0 Å². The minimum atomic E-state index is -2.70. The molecule has 4 heterocycles. The molecule has 212 valence electrons. The van der Waals surface area contributed by atoms with E-state index in [1.807, 2.05) is 51.1 Å². The molecule has 7 nitrogen and oxygen atoms in total. The van der Waals surface area contributed by atoms with Crippen LogP contribution in [0.3, 0.4) is 0 Å². The molecule has 2 aromatic rings. The largest absolute Gasteiger partial charge is 0.487 e. The maximum Gasteiger partial charge on any atom is 0.251 e. The maximum absolute atomic E-state index is 13.8. The fourth-order valence-corrected chi connectivity index (χ4v) is 6.05. The number of rotatable bonds is 3. The molecule has 6 rings (SSSR count). The highest BCUT2D eigenvalue weighted by atomic mass is 19.3. The van der Waals surface area contributed by atoms with Gasteiger partial charge in [-0.25, -0.2) is 13.8 Å². The number of aliphatic imine (C=N–C) groups is 1. The van der Waals surface area contributed by atoms with Crippen LogP contribution in [0, 0.1) is 0 Å². The lowest BCUT2D eigenvalue weighted by Crippen LogP contribution is -2.53. The molecule has 2 aromatic carbocycles. The summed E-state index contributed by atoms with van der Waals surface area (Å²) in [4.78, 5) is 33.0. The number of hydrogen-bond donors (Lipinski definition) is 2. The van der Waals surface area contributed by atoms with E-state index in [0.717, 1.165) is 16.9 Å². The Bertz CT molecular complexity index is 1370. The Labute approximate surface area is 233 Å². The summed E-state index contributed by atoms with van der Waals surface area (Å²) in [5.74, 6) is -0.0276. The number of hydrogen-bond acceptors (Lipinski definition) is 5. The van der Waals surface area contributed by atoms with E-state index >= 15 is 0 Å². The second-order valence-corrected chi connectivity index (χ2v) is 11.6. The molecular weight excluding hydrogens is 514 g/mol. The summed E-state index contributed by atoms with van der Waals surface area (Å²) in [6.07, 6.45) is 3.19. The van der Waals surface area contributed by atoms with Gasteiger partial charge in [-0.05, 0) is 68.5 Å². The number of nitrogens with one attached hydrogen (secondary N) is 1. The van der Waals surface area contributed by atoms with Crippen molar-refractivity contribution in [3.05, 3.63) is 70.8 Å². The molecule has 6 bridgehead atoms. The van der Waals surface area contributed by atoms with Crippen molar-refractivity contribution < 1.29 is 23.1 Å². The zero-order valence-corrected chi connectivity index (χ0v) is 23.1. The van der Waals surface area contributed by atoms with Gasteiger partial charge < -0.3 is 15.8 Å². The molecule has 2 amide bonds. The van der Waals surface area contributed by atoms with Crippen LogP contribution in [0.4, 0.5) is 8.78 Å². The van der Waals surface area contributed by atoms with Crippen LogP contribution in [0.5, 0.6) is 5.75 Å². The van der Waals surface area contributed by atoms with Crippen LogP contribution in [-0.4, -0.2) is 40.2 Å². The van der Waals surface area contributed by atoms with Crippen molar-refractivity contribution in [2.45, 2.75) is 88.9 Å². The lowest BCUT2D eigenvalue weighted by molar-refractivity contribution is -0.132. The fourth-order valence-electron chi connectivity index (χ4n) is 6.05. The monoisotopic (exact) mass is 550 g/mol. The highest BCUT2D eigenvalue weighted by Crippen LogP contribution is 2.41. The number of nitrogens with two attached hydrogens (primary N) is 1. The summed E-state index contributed by atoms with van der Waals surface area (Å²) in [5, 5.41) is 3.13. The van der Waals surface area contributed by atoms with E-state index in [1.54, 1.807) is 24.3 Å². The van der Waals surface area contributed by atoms with Gasteiger partial charge in [0, 0.05) is 24.0 Å². The van der Waals surface area contributed by atoms with Gasteiger partial charge in [0.25, 0.3) is 5.91 Å². The van der Waals surface area contributed by atoms with Crippen LogP contribution < -0.4 is 15.8 Å². The van der Waals surface area contributed by atoms with E-state index in [9.17, 15) is 18.4 Å².